The van der Waals surface area contributed by atoms with Gasteiger partial charge >= 0.3 is 5.97 Å². The molecule has 1 rings (SSSR count). The van der Waals surface area contributed by atoms with E-state index in [9.17, 15) is 4.79 Å². The molecule has 6 heteroatoms. The molecule has 0 aliphatic heterocycles. The third-order valence-corrected chi connectivity index (χ3v) is 4.21. The van der Waals surface area contributed by atoms with Crippen LogP contribution in [0.3, 0.4) is 0 Å². The fourth-order valence-electron chi connectivity index (χ4n) is 2.93. The molecule has 0 amide bonds. The highest BCUT2D eigenvalue weighted by atomic mass is 16.5. The van der Waals surface area contributed by atoms with E-state index in [-0.39, 0.29) is 12.0 Å². The third kappa shape index (κ3) is 8.90. The van der Waals surface area contributed by atoms with Gasteiger partial charge in [0.15, 0.2) is 0 Å². The van der Waals surface area contributed by atoms with Crippen LogP contribution < -0.4 is 5.32 Å². The SMILES string of the molecule is CCOC(=O)CCCCCCCNC1CCC(N=[N+]=[N-])CC1. The minimum absolute atomic E-state index is 0.0690. The number of esters is 1. The van der Waals surface area contributed by atoms with Crippen molar-refractivity contribution in [3.63, 3.8) is 0 Å². The molecule has 0 unspecified atom stereocenters. The second-order valence-electron chi connectivity index (χ2n) is 5.99. The van der Waals surface area contributed by atoms with E-state index >= 15 is 0 Å². The average molecular weight is 310 g/mol. The lowest BCUT2D eigenvalue weighted by atomic mass is 9.91. The number of nitrogens with zero attached hydrogens (tertiary/aromatic N) is 3. The van der Waals surface area contributed by atoms with E-state index in [0.717, 1.165) is 45.1 Å². The molecule has 0 aromatic heterocycles. The number of ether oxygens (including phenoxy) is 1. The van der Waals surface area contributed by atoms with E-state index < -0.39 is 0 Å². The second kappa shape index (κ2) is 12.3. The van der Waals surface area contributed by atoms with Crippen LogP contribution in [0.1, 0.15) is 71.1 Å². The molecule has 0 radical (unpaired) electrons. The molecule has 1 fully saturated rings. The van der Waals surface area contributed by atoms with Crippen molar-refractivity contribution in [3.05, 3.63) is 10.4 Å². The quantitative estimate of drug-likeness (QED) is 0.205. The van der Waals surface area contributed by atoms with Crippen molar-refractivity contribution in [2.24, 2.45) is 5.11 Å². The van der Waals surface area contributed by atoms with Gasteiger partial charge in [-0.15, -0.1) is 0 Å². The zero-order valence-corrected chi connectivity index (χ0v) is 13.8. The normalized spacial score (nSPS) is 21.1. The fourth-order valence-corrected chi connectivity index (χ4v) is 2.93. The van der Waals surface area contributed by atoms with Gasteiger partial charge < -0.3 is 10.1 Å². The van der Waals surface area contributed by atoms with Crippen LogP contribution in [0.2, 0.25) is 0 Å². The first-order chi connectivity index (χ1) is 10.8. The number of azide groups is 1. The van der Waals surface area contributed by atoms with Crippen molar-refractivity contribution in [3.8, 4) is 0 Å². The van der Waals surface area contributed by atoms with Crippen molar-refractivity contribution in [1.29, 1.82) is 0 Å². The summed E-state index contributed by atoms with van der Waals surface area (Å²) in [6.07, 6.45) is 10.4. The van der Waals surface area contributed by atoms with Crippen molar-refractivity contribution < 1.29 is 9.53 Å². The van der Waals surface area contributed by atoms with Crippen LogP contribution in [0, 0.1) is 0 Å². The summed E-state index contributed by atoms with van der Waals surface area (Å²) in [4.78, 5) is 14.1. The molecule has 126 valence electrons. The van der Waals surface area contributed by atoms with Gasteiger partial charge in [-0.2, -0.15) is 0 Å². The molecule has 0 saturated heterocycles. The van der Waals surface area contributed by atoms with Gasteiger partial charge in [-0.25, -0.2) is 0 Å². The summed E-state index contributed by atoms with van der Waals surface area (Å²) >= 11 is 0. The van der Waals surface area contributed by atoms with Gasteiger partial charge in [0.05, 0.1) is 6.61 Å². The van der Waals surface area contributed by atoms with Gasteiger partial charge in [-0.05, 0) is 57.5 Å². The Bertz CT molecular complexity index is 348. The molecule has 1 N–H and O–H groups in total. The molecule has 0 spiro atoms. The van der Waals surface area contributed by atoms with Crippen LogP contribution in [0.25, 0.3) is 10.4 Å². The summed E-state index contributed by atoms with van der Waals surface area (Å²) in [7, 11) is 0. The minimum atomic E-state index is -0.0690. The highest BCUT2D eigenvalue weighted by molar-refractivity contribution is 5.69. The summed E-state index contributed by atoms with van der Waals surface area (Å²) in [6.45, 7) is 3.39. The van der Waals surface area contributed by atoms with E-state index in [4.69, 9.17) is 10.3 Å². The smallest absolute Gasteiger partial charge is 0.305 e. The zero-order valence-electron chi connectivity index (χ0n) is 13.8. The van der Waals surface area contributed by atoms with Crippen molar-refractivity contribution in [2.45, 2.75) is 83.2 Å². The molecule has 0 atom stereocenters. The van der Waals surface area contributed by atoms with E-state index in [1.165, 1.54) is 19.3 Å². The molecule has 1 saturated carbocycles. The molecule has 0 heterocycles. The van der Waals surface area contributed by atoms with E-state index in [1.807, 2.05) is 6.92 Å². The monoisotopic (exact) mass is 310 g/mol. The molecule has 0 aromatic rings. The van der Waals surface area contributed by atoms with Gasteiger partial charge in [-0.1, -0.05) is 24.4 Å². The number of carbonyl (C=O) groups is 1. The summed E-state index contributed by atoms with van der Waals surface area (Å²) in [5.41, 5.74) is 8.42. The predicted molar refractivity (Wildman–Crippen MR) is 87.5 cm³/mol. The third-order valence-electron chi connectivity index (χ3n) is 4.21. The number of hydrogen-bond acceptors (Lipinski definition) is 4. The Morgan fingerprint density at radius 3 is 2.55 bits per heavy atom. The van der Waals surface area contributed by atoms with Gasteiger partial charge in [0, 0.05) is 23.4 Å². The van der Waals surface area contributed by atoms with Crippen molar-refractivity contribution >= 4 is 5.97 Å². The number of hydrogen-bond donors (Lipinski definition) is 1. The van der Waals surface area contributed by atoms with E-state index in [1.54, 1.807) is 0 Å². The van der Waals surface area contributed by atoms with E-state index in [2.05, 4.69) is 15.3 Å². The Kier molecular flexibility index (Phi) is 10.5. The fraction of sp³-hybridized carbons (Fsp3) is 0.938. The molecular weight excluding hydrogens is 280 g/mol. The number of nitrogens with one attached hydrogen (secondary N) is 1. The lowest BCUT2D eigenvalue weighted by Gasteiger charge is -2.26. The Morgan fingerprint density at radius 2 is 1.86 bits per heavy atom. The van der Waals surface area contributed by atoms with Crippen LogP contribution in [0.4, 0.5) is 0 Å². The van der Waals surface area contributed by atoms with Crippen LogP contribution in [0.5, 0.6) is 0 Å². The van der Waals surface area contributed by atoms with E-state index in [0.29, 0.717) is 19.1 Å². The molecule has 1 aliphatic rings. The largest absolute Gasteiger partial charge is 0.466 e. The highest BCUT2D eigenvalue weighted by Gasteiger charge is 2.19. The average Bonchev–Trinajstić information content (AvgIpc) is 2.52. The van der Waals surface area contributed by atoms with Crippen molar-refractivity contribution in [1.82, 2.24) is 5.32 Å². The minimum Gasteiger partial charge on any atom is -0.466 e. The summed E-state index contributed by atoms with van der Waals surface area (Å²) in [5, 5.41) is 7.40. The molecule has 0 aromatic carbocycles. The van der Waals surface area contributed by atoms with Crippen molar-refractivity contribution in [2.75, 3.05) is 13.2 Å². The van der Waals surface area contributed by atoms with Crippen LogP contribution in [-0.4, -0.2) is 31.2 Å². The number of unbranched alkanes of at least 4 members (excludes halogenated alkanes) is 4. The van der Waals surface area contributed by atoms with Gasteiger partial charge in [0.25, 0.3) is 0 Å². The first-order valence-electron chi connectivity index (χ1n) is 8.69. The summed E-state index contributed by atoms with van der Waals surface area (Å²) in [5.74, 6) is -0.0690. The Morgan fingerprint density at radius 1 is 1.18 bits per heavy atom. The first-order valence-corrected chi connectivity index (χ1v) is 8.69. The van der Waals surface area contributed by atoms with Crippen LogP contribution in [-0.2, 0) is 9.53 Å². The predicted octanol–water partition coefficient (Wildman–Crippen LogP) is 4.10. The maximum Gasteiger partial charge on any atom is 0.305 e. The standard InChI is InChI=1S/C16H30N4O2/c1-2-22-16(21)8-6-4-3-5-7-13-18-14-9-11-15(12-10-14)19-20-17/h14-15,18H,2-13H2,1H3. The summed E-state index contributed by atoms with van der Waals surface area (Å²) < 4.78 is 4.90. The Labute approximate surface area is 133 Å². The molecule has 6 nitrogen and oxygen atoms in total. The lowest BCUT2D eigenvalue weighted by Crippen LogP contribution is -2.34. The van der Waals surface area contributed by atoms with Crippen LogP contribution >= 0.6 is 0 Å². The number of rotatable bonds is 11. The molecular formula is C16H30N4O2. The maximum atomic E-state index is 11.2. The topological polar surface area (TPSA) is 87.1 Å². The summed E-state index contributed by atoms with van der Waals surface area (Å²) in [6, 6.07) is 0.802. The maximum absolute atomic E-state index is 11.2. The second-order valence-corrected chi connectivity index (χ2v) is 5.99. The Balaban J connectivity index is 1.88. The van der Waals surface area contributed by atoms with Gasteiger partial charge in [0.2, 0.25) is 0 Å². The van der Waals surface area contributed by atoms with Crippen LogP contribution in [0.15, 0.2) is 5.11 Å². The molecule has 1 aliphatic carbocycles. The van der Waals surface area contributed by atoms with Gasteiger partial charge in [-0.3, -0.25) is 4.79 Å². The number of carbonyl (C=O) groups excluding carboxylic acids is 1. The molecule has 22 heavy (non-hydrogen) atoms. The zero-order chi connectivity index (χ0) is 16.0. The lowest BCUT2D eigenvalue weighted by molar-refractivity contribution is -0.143. The van der Waals surface area contributed by atoms with Gasteiger partial charge in [0.1, 0.15) is 0 Å². The Hall–Kier alpha value is -1.26. The first kappa shape index (κ1) is 18.8. The highest BCUT2D eigenvalue weighted by Crippen LogP contribution is 2.21. The molecule has 0 bridgehead atoms.